The lowest BCUT2D eigenvalue weighted by Gasteiger charge is -2.36. The van der Waals surface area contributed by atoms with E-state index < -0.39 is 8.07 Å². The first kappa shape index (κ1) is 14.7. The van der Waals surface area contributed by atoms with Crippen molar-refractivity contribution in [2.45, 2.75) is 77.1 Å². The van der Waals surface area contributed by atoms with Crippen LogP contribution in [0.4, 0.5) is 0 Å². The second kappa shape index (κ2) is 6.00. The smallest absolute Gasteiger partial charge is 0.302 e. The van der Waals surface area contributed by atoms with Gasteiger partial charge in [-0.05, 0) is 6.92 Å². The molecule has 3 atom stereocenters. The van der Waals surface area contributed by atoms with Crippen molar-refractivity contribution in [1.82, 2.24) is 0 Å². The van der Waals surface area contributed by atoms with E-state index in [0.29, 0.717) is 0 Å². The minimum absolute atomic E-state index is 0.00554. The Bertz CT molecular complexity index is 255. The third-order valence-corrected chi connectivity index (χ3v) is 10.3. The molecule has 1 rings (SSSR count). The first-order chi connectivity index (χ1) is 7.99. The number of hydrogen-bond acceptors (Lipinski definition) is 3. The predicted octanol–water partition coefficient (Wildman–Crippen LogP) is 3.14. The summed E-state index contributed by atoms with van der Waals surface area (Å²) in [7, 11) is -1.46. The molecule has 1 saturated heterocycles. The molecule has 0 saturated carbocycles. The molecule has 0 bridgehead atoms. The zero-order valence-electron chi connectivity index (χ0n) is 11.8. The molecule has 0 radical (unpaired) electrons. The van der Waals surface area contributed by atoms with Gasteiger partial charge in [-0.3, -0.25) is 4.79 Å². The minimum Gasteiger partial charge on any atom is -0.460 e. The number of ether oxygens (including phenoxy) is 2. The maximum absolute atomic E-state index is 11.2. The van der Waals surface area contributed by atoms with E-state index in [-0.39, 0.29) is 23.9 Å². The van der Waals surface area contributed by atoms with E-state index in [4.69, 9.17) is 9.47 Å². The summed E-state index contributed by atoms with van der Waals surface area (Å²) < 4.78 is 11.6. The number of hydrogen-bond donors (Lipinski definition) is 0. The van der Waals surface area contributed by atoms with Crippen LogP contribution in [-0.4, -0.2) is 32.0 Å². The maximum Gasteiger partial charge on any atom is 0.302 e. The normalized spacial score (nSPS) is 29.4. The average Bonchev–Trinajstić information content (AvgIpc) is 2.63. The fourth-order valence-corrected chi connectivity index (χ4v) is 7.28. The minimum atomic E-state index is -1.46. The van der Waals surface area contributed by atoms with Gasteiger partial charge in [-0.15, -0.1) is 0 Å². The molecular weight excluding hydrogens is 232 g/mol. The first-order valence-electron chi connectivity index (χ1n) is 6.81. The third kappa shape index (κ3) is 3.10. The Hall–Kier alpha value is -0.353. The molecule has 1 fully saturated rings. The van der Waals surface area contributed by atoms with Gasteiger partial charge in [0, 0.05) is 13.3 Å². The van der Waals surface area contributed by atoms with E-state index in [1.54, 1.807) is 0 Å². The van der Waals surface area contributed by atoms with Crippen molar-refractivity contribution >= 4 is 14.0 Å². The lowest BCUT2D eigenvalue weighted by atomic mass is 10.2. The van der Waals surface area contributed by atoms with Gasteiger partial charge in [0.25, 0.3) is 0 Å². The summed E-state index contributed by atoms with van der Waals surface area (Å²) in [4.78, 5) is 11.2. The predicted molar refractivity (Wildman–Crippen MR) is 71.7 cm³/mol. The molecule has 17 heavy (non-hydrogen) atoms. The molecule has 0 spiro atoms. The Labute approximate surface area is 106 Å². The van der Waals surface area contributed by atoms with Gasteiger partial charge in [-0.25, -0.2) is 0 Å². The second-order valence-corrected chi connectivity index (χ2v) is 10.6. The Morgan fingerprint density at radius 3 is 2.24 bits per heavy atom. The van der Waals surface area contributed by atoms with Gasteiger partial charge in [0.2, 0.25) is 0 Å². The largest absolute Gasteiger partial charge is 0.460 e. The van der Waals surface area contributed by atoms with Crippen LogP contribution >= 0.6 is 0 Å². The van der Waals surface area contributed by atoms with Crippen molar-refractivity contribution in [3.63, 3.8) is 0 Å². The van der Waals surface area contributed by atoms with Crippen molar-refractivity contribution < 1.29 is 14.3 Å². The van der Waals surface area contributed by atoms with Crippen molar-refractivity contribution in [2.75, 3.05) is 0 Å². The van der Waals surface area contributed by atoms with Crippen LogP contribution in [0.3, 0.4) is 0 Å². The van der Waals surface area contributed by atoms with Gasteiger partial charge >= 0.3 is 5.97 Å². The lowest BCUT2D eigenvalue weighted by Crippen LogP contribution is -2.51. The Kier molecular flexibility index (Phi) is 5.19. The summed E-state index contributed by atoms with van der Waals surface area (Å²) in [6.45, 7) is 10.4. The fraction of sp³-hybridized carbons (Fsp3) is 0.923. The first-order valence-corrected chi connectivity index (χ1v) is 9.51. The van der Waals surface area contributed by atoms with Crippen LogP contribution < -0.4 is 0 Å². The highest BCUT2D eigenvalue weighted by Crippen LogP contribution is 2.36. The Balaban J connectivity index is 2.87. The van der Waals surface area contributed by atoms with E-state index in [0.717, 1.165) is 6.42 Å². The lowest BCUT2D eigenvalue weighted by molar-refractivity contribution is -0.147. The molecule has 100 valence electrons. The van der Waals surface area contributed by atoms with Gasteiger partial charge in [-0.2, -0.15) is 0 Å². The zero-order valence-corrected chi connectivity index (χ0v) is 12.8. The quantitative estimate of drug-likeness (QED) is 0.561. The molecule has 1 aliphatic rings. The van der Waals surface area contributed by atoms with Crippen molar-refractivity contribution in [2.24, 2.45) is 0 Å². The molecule has 1 aliphatic heterocycles. The van der Waals surface area contributed by atoms with Crippen molar-refractivity contribution in [3.05, 3.63) is 0 Å². The SMILES string of the molecule is CC[Si](CC)(CC)[C@@H]1O[C@@H](C)C[C@@H]1OC(C)=O. The average molecular weight is 258 g/mol. The molecule has 0 aromatic heterocycles. The standard InChI is InChI=1S/C13H26O3Si/c1-6-17(7-2,8-3)13-12(16-11(5)14)9-10(4)15-13/h10,12-13H,6-9H2,1-5H3/t10-,12-,13-/m0/s1. The summed E-state index contributed by atoms with van der Waals surface area (Å²) in [5.74, 6) is -0.177. The molecule has 1 heterocycles. The molecular formula is C13H26O3Si. The molecule has 0 aromatic rings. The second-order valence-electron chi connectivity index (χ2n) is 5.17. The highest BCUT2D eigenvalue weighted by Gasteiger charge is 2.48. The summed E-state index contributed by atoms with van der Waals surface area (Å²) in [5, 5.41) is 0. The van der Waals surface area contributed by atoms with Crippen molar-refractivity contribution in [1.29, 1.82) is 0 Å². The van der Waals surface area contributed by atoms with Crippen LogP contribution in [0, 0.1) is 0 Å². The summed E-state index contributed by atoms with van der Waals surface area (Å²) >= 11 is 0. The number of esters is 1. The molecule has 0 aliphatic carbocycles. The fourth-order valence-electron chi connectivity index (χ4n) is 3.06. The molecule has 0 unspecified atom stereocenters. The summed E-state index contributed by atoms with van der Waals surface area (Å²) in [6.07, 6.45) is 1.08. The maximum atomic E-state index is 11.2. The monoisotopic (exact) mass is 258 g/mol. The number of carbonyl (C=O) groups is 1. The van der Waals surface area contributed by atoms with Gasteiger partial charge in [0.15, 0.2) is 0 Å². The van der Waals surface area contributed by atoms with Crippen LogP contribution in [0.1, 0.15) is 41.0 Å². The summed E-state index contributed by atoms with van der Waals surface area (Å²) in [6, 6.07) is 3.61. The molecule has 0 N–H and O–H groups in total. The topological polar surface area (TPSA) is 35.5 Å². The van der Waals surface area contributed by atoms with Crippen LogP contribution in [0.5, 0.6) is 0 Å². The summed E-state index contributed by atoms with van der Waals surface area (Å²) in [5.41, 5.74) is 0.196. The number of rotatable bonds is 5. The van der Waals surface area contributed by atoms with Gasteiger partial charge in [0.05, 0.1) is 19.9 Å². The molecule has 0 amide bonds. The van der Waals surface area contributed by atoms with E-state index in [1.807, 2.05) is 0 Å². The highest BCUT2D eigenvalue weighted by molar-refractivity contribution is 6.81. The Morgan fingerprint density at radius 1 is 1.29 bits per heavy atom. The Morgan fingerprint density at radius 2 is 1.82 bits per heavy atom. The van der Waals surface area contributed by atoms with Gasteiger partial charge < -0.3 is 9.47 Å². The molecule has 3 nitrogen and oxygen atoms in total. The zero-order chi connectivity index (χ0) is 13.1. The van der Waals surface area contributed by atoms with Gasteiger partial charge in [-0.1, -0.05) is 38.9 Å². The van der Waals surface area contributed by atoms with Crippen LogP contribution in [0.15, 0.2) is 0 Å². The van der Waals surface area contributed by atoms with Crippen LogP contribution in [0.25, 0.3) is 0 Å². The van der Waals surface area contributed by atoms with Crippen molar-refractivity contribution in [3.8, 4) is 0 Å². The van der Waals surface area contributed by atoms with E-state index in [9.17, 15) is 4.79 Å². The number of carbonyl (C=O) groups excluding carboxylic acids is 1. The van der Waals surface area contributed by atoms with Crippen LogP contribution in [0.2, 0.25) is 18.1 Å². The third-order valence-electron chi connectivity index (χ3n) is 4.31. The molecule has 4 heteroatoms. The molecule has 0 aromatic carbocycles. The van der Waals surface area contributed by atoms with E-state index in [2.05, 4.69) is 27.7 Å². The van der Waals surface area contributed by atoms with Gasteiger partial charge in [0.1, 0.15) is 6.10 Å². The van der Waals surface area contributed by atoms with E-state index in [1.165, 1.54) is 25.1 Å². The highest BCUT2D eigenvalue weighted by atomic mass is 28.3. The van der Waals surface area contributed by atoms with E-state index >= 15 is 0 Å². The van der Waals surface area contributed by atoms with Crippen LogP contribution in [-0.2, 0) is 14.3 Å².